The summed E-state index contributed by atoms with van der Waals surface area (Å²) in [6, 6.07) is 0. The van der Waals surface area contributed by atoms with Crippen LogP contribution in [0, 0.1) is 0 Å². The van der Waals surface area contributed by atoms with Crippen molar-refractivity contribution in [2.75, 3.05) is 13.2 Å². The number of esters is 3. The average Bonchev–Trinajstić information content (AvgIpc) is 3.45. The largest absolute Gasteiger partial charge is 0.462 e. The third-order valence-electron chi connectivity index (χ3n) is 15.5. The van der Waals surface area contributed by atoms with Crippen molar-refractivity contribution in [2.45, 2.75) is 374 Å². The number of allylic oxidation sites excluding steroid dienone is 10. The Morgan fingerprint density at radius 3 is 0.772 bits per heavy atom. The second-order valence-electron chi connectivity index (χ2n) is 23.4. The molecule has 1 atom stereocenters. The van der Waals surface area contributed by atoms with E-state index in [1.165, 1.54) is 231 Å². The standard InChI is InChI=1S/C73H132O6/c1-4-7-10-13-16-19-22-25-28-30-32-33-34-35-36-37-38-39-40-42-43-45-48-51-54-57-60-63-66-72(75)78-69-70(68-77-71(74)65-62-59-56-53-50-47-27-24-21-18-15-12-9-6-3)79-73(76)67-64-61-58-55-52-49-46-44-41-31-29-26-23-20-17-14-11-8-5-2/h8,11,17,20,26,29,41,44,49,52,70H,4-7,9-10,12-16,18-19,21-25,27-28,30-40,42-43,45-48,50-51,53-69H2,1-3H3/b11-8-,20-17-,29-26-,44-41-,52-49-. The lowest BCUT2D eigenvalue weighted by Gasteiger charge is -2.18. The molecule has 0 aliphatic rings. The van der Waals surface area contributed by atoms with Crippen LogP contribution in [0.1, 0.15) is 367 Å². The smallest absolute Gasteiger partial charge is 0.306 e. The minimum atomic E-state index is -0.790. The molecule has 0 amide bonds. The van der Waals surface area contributed by atoms with Crippen LogP contribution >= 0.6 is 0 Å². The summed E-state index contributed by atoms with van der Waals surface area (Å²) in [5.41, 5.74) is 0. The minimum absolute atomic E-state index is 0.0830. The second kappa shape index (κ2) is 67.6. The quantitative estimate of drug-likeness (QED) is 0.0261. The number of ether oxygens (including phenoxy) is 3. The summed E-state index contributed by atoms with van der Waals surface area (Å²) in [5.74, 6) is -0.892. The van der Waals surface area contributed by atoms with Gasteiger partial charge in [0.25, 0.3) is 0 Å². The van der Waals surface area contributed by atoms with Crippen molar-refractivity contribution in [2.24, 2.45) is 0 Å². The highest BCUT2D eigenvalue weighted by molar-refractivity contribution is 5.71. The van der Waals surface area contributed by atoms with Crippen LogP contribution in [0.5, 0.6) is 0 Å². The molecule has 0 rings (SSSR count). The van der Waals surface area contributed by atoms with Crippen molar-refractivity contribution in [1.82, 2.24) is 0 Å². The lowest BCUT2D eigenvalue weighted by Crippen LogP contribution is -2.30. The van der Waals surface area contributed by atoms with Gasteiger partial charge in [0.1, 0.15) is 13.2 Å². The van der Waals surface area contributed by atoms with Crippen LogP contribution in [0.3, 0.4) is 0 Å². The SMILES string of the molecule is CC/C=C\C/C=C\C/C=C\C/C=C\C/C=C\CCCCCC(=O)OC(COC(=O)CCCCCCCCCCCCCCCC)COC(=O)CCCCCCCCCCCCCCCCCCCCCCCCCCCCCC. The molecule has 6 nitrogen and oxygen atoms in total. The van der Waals surface area contributed by atoms with E-state index in [0.717, 1.165) is 96.3 Å². The zero-order valence-corrected chi connectivity index (χ0v) is 52.9. The number of rotatable bonds is 64. The lowest BCUT2D eigenvalue weighted by molar-refractivity contribution is -0.167. The highest BCUT2D eigenvalue weighted by Gasteiger charge is 2.19. The first-order valence-corrected chi connectivity index (χ1v) is 34.8. The molecule has 0 heterocycles. The van der Waals surface area contributed by atoms with Crippen LogP contribution in [0.4, 0.5) is 0 Å². The van der Waals surface area contributed by atoms with Gasteiger partial charge in [0.2, 0.25) is 0 Å². The summed E-state index contributed by atoms with van der Waals surface area (Å²) in [6.45, 7) is 6.56. The third-order valence-corrected chi connectivity index (χ3v) is 15.5. The molecule has 0 saturated carbocycles. The number of hydrogen-bond acceptors (Lipinski definition) is 6. The summed E-state index contributed by atoms with van der Waals surface area (Å²) < 4.78 is 16.9. The molecule has 460 valence electrons. The van der Waals surface area contributed by atoms with E-state index < -0.39 is 6.10 Å². The highest BCUT2D eigenvalue weighted by Crippen LogP contribution is 2.18. The Labute approximate surface area is 491 Å². The fourth-order valence-electron chi connectivity index (χ4n) is 10.4. The Hall–Kier alpha value is -2.89. The number of hydrogen-bond donors (Lipinski definition) is 0. The van der Waals surface area contributed by atoms with Gasteiger partial charge in [-0.25, -0.2) is 0 Å². The van der Waals surface area contributed by atoms with Gasteiger partial charge in [-0.3, -0.25) is 14.4 Å². The van der Waals surface area contributed by atoms with Crippen molar-refractivity contribution in [3.05, 3.63) is 60.8 Å². The molecule has 0 N–H and O–H groups in total. The molecule has 0 aromatic heterocycles. The molecule has 0 saturated heterocycles. The Morgan fingerprint density at radius 1 is 0.266 bits per heavy atom. The highest BCUT2D eigenvalue weighted by atomic mass is 16.6. The second-order valence-corrected chi connectivity index (χ2v) is 23.4. The molecule has 6 heteroatoms. The van der Waals surface area contributed by atoms with Gasteiger partial charge < -0.3 is 14.2 Å². The number of carbonyl (C=O) groups is 3. The van der Waals surface area contributed by atoms with Crippen molar-refractivity contribution in [3.8, 4) is 0 Å². The van der Waals surface area contributed by atoms with Crippen LogP contribution in [0.15, 0.2) is 60.8 Å². The van der Waals surface area contributed by atoms with Crippen LogP contribution < -0.4 is 0 Å². The van der Waals surface area contributed by atoms with Gasteiger partial charge in [-0.1, -0.05) is 345 Å². The maximum Gasteiger partial charge on any atom is 0.306 e. The van der Waals surface area contributed by atoms with E-state index in [2.05, 4.69) is 81.5 Å². The lowest BCUT2D eigenvalue weighted by atomic mass is 10.0. The Balaban J connectivity index is 4.26. The first-order valence-electron chi connectivity index (χ1n) is 34.8. The van der Waals surface area contributed by atoms with Gasteiger partial charge >= 0.3 is 17.9 Å². The molecule has 0 fully saturated rings. The fourth-order valence-corrected chi connectivity index (χ4v) is 10.4. The van der Waals surface area contributed by atoms with Crippen molar-refractivity contribution < 1.29 is 28.6 Å². The Bertz CT molecular complexity index is 1410. The molecule has 0 aromatic carbocycles. The molecular weight excluding hydrogens is 973 g/mol. The van der Waals surface area contributed by atoms with Gasteiger partial charge in [-0.05, 0) is 64.2 Å². The van der Waals surface area contributed by atoms with Crippen molar-refractivity contribution in [1.29, 1.82) is 0 Å². The molecule has 0 spiro atoms. The summed E-state index contributed by atoms with van der Waals surface area (Å²) >= 11 is 0. The summed E-state index contributed by atoms with van der Waals surface area (Å²) in [5, 5.41) is 0. The van der Waals surface area contributed by atoms with Gasteiger partial charge in [0.15, 0.2) is 6.10 Å². The fraction of sp³-hybridized carbons (Fsp3) is 0.822. The van der Waals surface area contributed by atoms with Gasteiger partial charge in [0.05, 0.1) is 0 Å². The van der Waals surface area contributed by atoms with E-state index in [1.54, 1.807) is 0 Å². The van der Waals surface area contributed by atoms with E-state index in [1.807, 2.05) is 0 Å². The van der Waals surface area contributed by atoms with Crippen molar-refractivity contribution >= 4 is 17.9 Å². The van der Waals surface area contributed by atoms with Crippen molar-refractivity contribution in [3.63, 3.8) is 0 Å². The Morgan fingerprint density at radius 2 is 0.494 bits per heavy atom. The zero-order chi connectivity index (χ0) is 57.1. The summed E-state index contributed by atoms with van der Waals surface area (Å²) in [7, 11) is 0. The minimum Gasteiger partial charge on any atom is -0.462 e. The van der Waals surface area contributed by atoms with E-state index in [4.69, 9.17) is 14.2 Å². The number of unbranched alkanes of at least 4 members (excludes halogenated alkanes) is 43. The van der Waals surface area contributed by atoms with E-state index in [-0.39, 0.29) is 31.1 Å². The molecule has 0 aliphatic carbocycles. The van der Waals surface area contributed by atoms with Gasteiger partial charge in [-0.2, -0.15) is 0 Å². The first-order chi connectivity index (χ1) is 39.0. The maximum atomic E-state index is 12.9. The molecule has 0 radical (unpaired) electrons. The van der Waals surface area contributed by atoms with Crippen LogP contribution in [0.25, 0.3) is 0 Å². The predicted octanol–water partition coefficient (Wildman–Crippen LogP) is 23.9. The van der Waals surface area contributed by atoms with E-state index in [0.29, 0.717) is 19.3 Å². The molecule has 0 bridgehead atoms. The Kier molecular flexibility index (Phi) is 65.1. The number of carbonyl (C=O) groups excluding carboxylic acids is 3. The summed E-state index contributed by atoms with van der Waals surface area (Å²) in [6.07, 6.45) is 86.8. The monoisotopic (exact) mass is 1110 g/mol. The van der Waals surface area contributed by atoms with Crippen LogP contribution in [-0.4, -0.2) is 37.2 Å². The van der Waals surface area contributed by atoms with E-state index in [9.17, 15) is 14.4 Å². The van der Waals surface area contributed by atoms with E-state index >= 15 is 0 Å². The average molecular weight is 1110 g/mol. The van der Waals surface area contributed by atoms with Crippen LogP contribution in [-0.2, 0) is 28.6 Å². The van der Waals surface area contributed by atoms with Gasteiger partial charge in [-0.15, -0.1) is 0 Å². The van der Waals surface area contributed by atoms with Gasteiger partial charge in [0, 0.05) is 19.3 Å². The van der Waals surface area contributed by atoms with Crippen LogP contribution in [0.2, 0.25) is 0 Å². The molecule has 0 aromatic rings. The molecular formula is C73H132O6. The normalized spacial score (nSPS) is 12.4. The molecule has 1 unspecified atom stereocenters. The summed E-state index contributed by atoms with van der Waals surface area (Å²) in [4.78, 5) is 38.4. The topological polar surface area (TPSA) is 78.9 Å². The molecule has 79 heavy (non-hydrogen) atoms. The predicted molar refractivity (Wildman–Crippen MR) is 344 cm³/mol. The molecule has 0 aliphatic heterocycles. The zero-order valence-electron chi connectivity index (χ0n) is 52.9. The third kappa shape index (κ3) is 65.8. The maximum absolute atomic E-state index is 12.9. The first kappa shape index (κ1) is 76.1.